The molecule has 5 N–H and O–H groups in total. The first-order valence-electron chi connectivity index (χ1n) is 5.19. The van der Waals surface area contributed by atoms with Crippen LogP contribution in [0.3, 0.4) is 0 Å². The first-order chi connectivity index (χ1) is 8.10. The van der Waals surface area contributed by atoms with Crippen LogP contribution in [0.2, 0.25) is 0 Å². The van der Waals surface area contributed by atoms with Gasteiger partial charge in [0.1, 0.15) is 0 Å². The van der Waals surface area contributed by atoms with Gasteiger partial charge in [-0.25, -0.2) is 4.79 Å². The Hall–Kier alpha value is -1.79. The molecule has 0 amide bonds. The average Bonchev–Trinajstić information content (AvgIpc) is 2.28. The largest absolute Gasteiger partial charge is 0.478 e. The van der Waals surface area contributed by atoms with Crippen molar-refractivity contribution in [3.8, 4) is 0 Å². The van der Waals surface area contributed by atoms with E-state index in [0.717, 1.165) is 0 Å². The number of nitrogens with zero attached hydrogens (tertiary/aromatic N) is 1. The first kappa shape index (κ1) is 13.3. The number of aliphatic hydroxyl groups excluding tert-OH is 2. The Morgan fingerprint density at radius 3 is 2.24 bits per heavy atom. The minimum absolute atomic E-state index is 0.0693. The third kappa shape index (κ3) is 3.33. The molecule has 0 aliphatic heterocycles. The molecule has 0 aromatic heterocycles. The Bertz CT molecular complexity index is 389. The molecule has 94 valence electrons. The second-order valence-corrected chi connectivity index (χ2v) is 3.51. The molecular formula is C11H16N2O4. The molecular weight excluding hydrogens is 224 g/mol. The van der Waals surface area contributed by atoms with Crippen molar-refractivity contribution in [2.24, 2.45) is 0 Å². The summed E-state index contributed by atoms with van der Waals surface area (Å²) in [5.74, 6) is -1.04. The van der Waals surface area contributed by atoms with Crippen molar-refractivity contribution < 1.29 is 20.1 Å². The molecule has 17 heavy (non-hydrogen) atoms. The molecule has 0 aliphatic carbocycles. The lowest BCUT2D eigenvalue weighted by Gasteiger charge is -2.24. The zero-order chi connectivity index (χ0) is 12.8. The van der Waals surface area contributed by atoms with E-state index >= 15 is 0 Å². The van der Waals surface area contributed by atoms with Crippen LogP contribution in [-0.2, 0) is 0 Å². The Labute approximate surface area is 98.9 Å². The van der Waals surface area contributed by atoms with Gasteiger partial charge in [0.25, 0.3) is 0 Å². The highest BCUT2D eigenvalue weighted by Crippen LogP contribution is 2.24. The van der Waals surface area contributed by atoms with Crippen LogP contribution in [0.5, 0.6) is 0 Å². The van der Waals surface area contributed by atoms with Crippen molar-refractivity contribution in [3.05, 3.63) is 23.8 Å². The van der Waals surface area contributed by atoms with Crippen LogP contribution in [0.15, 0.2) is 18.2 Å². The zero-order valence-electron chi connectivity index (χ0n) is 9.33. The van der Waals surface area contributed by atoms with Gasteiger partial charge in [0.15, 0.2) is 0 Å². The molecule has 0 aliphatic rings. The van der Waals surface area contributed by atoms with Gasteiger partial charge < -0.3 is 26.0 Å². The van der Waals surface area contributed by atoms with Gasteiger partial charge in [-0.15, -0.1) is 0 Å². The zero-order valence-corrected chi connectivity index (χ0v) is 9.33. The molecule has 0 atom stereocenters. The van der Waals surface area contributed by atoms with E-state index in [0.29, 0.717) is 24.5 Å². The summed E-state index contributed by atoms with van der Waals surface area (Å²) in [6.45, 7) is 0.522. The Morgan fingerprint density at radius 1 is 1.24 bits per heavy atom. The van der Waals surface area contributed by atoms with Crippen molar-refractivity contribution in [3.63, 3.8) is 0 Å². The maximum absolute atomic E-state index is 10.7. The summed E-state index contributed by atoms with van der Waals surface area (Å²) >= 11 is 0. The number of aromatic carboxylic acids is 1. The normalized spacial score (nSPS) is 10.2. The predicted molar refractivity (Wildman–Crippen MR) is 64.2 cm³/mol. The summed E-state index contributed by atoms with van der Waals surface area (Å²) in [6, 6.07) is 4.37. The Balaban J connectivity index is 2.99. The highest BCUT2D eigenvalue weighted by Gasteiger charge is 2.11. The van der Waals surface area contributed by atoms with Crippen molar-refractivity contribution in [1.29, 1.82) is 0 Å². The number of hydrogen-bond acceptors (Lipinski definition) is 5. The van der Waals surface area contributed by atoms with Crippen LogP contribution in [0.25, 0.3) is 0 Å². The van der Waals surface area contributed by atoms with Crippen LogP contribution in [-0.4, -0.2) is 47.6 Å². The Kier molecular flexibility index (Phi) is 4.74. The summed E-state index contributed by atoms with van der Waals surface area (Å²) in [7, 11) is 0. The molecule has 0 radical (unpaired) electrons. The molecule has 6 heteroatoms. The number of benzene rings is 1. The smallest absolute Gasteiger partial charge is 0.335 e. The van der Waals surface area contributed by atoms with Crippen LogP contribution < -0.4 is 10.6 Å². The number of carboxylic acids is 1. The molecule has 0 spiro atoms. The molecule has 6 nitrogen and oxygen atoms in total. The van der Waals surface area contributed by atoms with Gasteiger partial charge in [-0.3, -0.25) is 0 Å². The molecule has 0 saturated heterocycles. The minimum atomic E-state index is -1.04. The fourth-order valence-electron chi connectivity index (χ4n) is 1.57. The van der Waals surface area contributed by atoms with Gasteiger partial charge >= 0.3 is 5.97 Å². The van der Waals surface area contributed by atoms with E-state index in [2.05, 4.69) is 0 Å². The molecule has 0 fully saturated rings. The lowest BCUT2D eigenvalue weighted by atomic mass is 10.1. The minimum Gasteiger partial charge on any atom is -0.478 e. The number of carboxylic acid groups (broad SMARTS) is 1. The number of nitrogen functional groups attached to an aromatic ring is 1. The van der Waals surface area contributed by atoms with E-state index in [-0.39, 0.29) is 18.8 Å². The SMILES string of the molecule is Nc1cc(C(=O)O)ccc1N(CCO)CCO. The van der Waals surface area contributed by atoms with E-state index in [9.17, 15) is 4.79 Å². The van der Waals surface area contributed by atoms with Crippen molar-refractivity contribution in [2.45, 2.75) is 0 Å². The third-order valence-electron chi connectivity index (χ3n) is 2.36. The number of anilines is 2. The number of hydrogen-bond donors (Lipinski definition) is 4. The van der Waals surface area contributed by atoms with Gasteiger partial charge in [0.2, 0.25) is 0 Å². The van der Waals surface area contributed by atoms with Crippen LogP contribution in [0, 0.1) is 0 Å². The van der Waals surface area contributed by atoms with Gasteiger partial charge in [-0.1, -0.05) is 0 Å². The first-order valence-corrected chi connectivity index (χ1v) is 5.19. The van der Waals surface area contributed by atoms with E-state index in [1.165, 1.54) is 12.1 Å². The monoisotopic (exact) mass is 240 g/mol. The fraction of sp³-hybridized carbons (Fsp3) is 0.364. The van der Waals surface area contributed by atoms with Crippen LogP contribution in [0.4, 0.5) is 11.4 Å². The lowest BCUT2D eigenvalue weighted by Crippen LogP contribution is -2.30. The Morgan fingerprint density at radius 2 is 1.82 bits per heavy atom. The van der Waals surface area contributed by atoms with Gasteiger partial charge in [-0.05, 0) is 18.2 Å². The molecule has 1 rings (SSSR count). The number of rotatable bonds is 6. The number of aliphatic hydroxyl groups is 2. The maximum atomic E-state index is 10.7. The molecule has 0 heterocycles. The number of nitrogens with two attached hydrogens (primary N) is 1. The van der Waals surface area contributed by atoms with Crippen molar-refractivity contribution >= 4 is 17.3 Å². The molecule has 0 saturated carbocycles. The molecule has 1 aromatic rings. The highest BCUT2D eigenvalue weighted by molar-refractivity contribution is 5.90. The second kappa shape index (κ2) is 6.07. The summed E-state index contributed by atoms with van der Waals surface area (Å²) in [4.78, 5) is 12.4. The van der Waals surface area contributed by atoms with Crippen LogP contribution >= 0.6 is 0 Å². The lowest BCUT2D eigenvalue weighted by molar-refractivity contribution is 0.0697. The summed E-state index contributed by atoms with van der Waals surface area (Å²) in [5, 5.41) is 26.6. The summed E-state index contributed by atoms with van der Waals surface area (Å²) in [5.41, 5.74) is 6.78. The van der Waals surface area contributed by atoms with Gasteiger partial charge in [0.05, 0.1) is 30.2 Å². The molecule has 0 bridgehead atoms. The standard InChI is InChI=1S/C11H16N2O4/c12-9-7-8(11(16)17)1-2-10(9)13(3-5-14)4-6-15/h1-2,7,14-15H,3-6,12H2,(H,16,17). The molecule has 0 unspecified atom stereocenters. The van der Waals surface area contributed by atoms with Crippen molar-refractivity contribution in [2.75, 3.05) is 36.9 Å². The van der Waals surface area contributed by atoms with E-state index < -0.39 is 5.97 Å². The third-order valence-corrected chi connectivity index (χ3v) is 2.36. The van der Waals surface area contributed by atoms with E-state index in [1.807, 2.05) is 0 Å². The van der Waals surface area contributed by atoms with Crippen LogP contribution in [0.1, 0.15) is 10.4 Å². The van der Waals surface area contributed by atoms with E-state index in [4.69, 9.17) is 21.1 Å². The number of carbonyl (C=O) groups is 1. The second-order valence-electron chi connectivity index (χ2n) is 3.51. The average molecular weight is 240 g/mol. The summed E-state index contributed by atoms with van der Waals surface area (Å²) in [6.07, 6.45) is 0. The summed E-state index contributed by atoms with van der Waals surface area (Å²) < 4.78 is 0. The van der Waals surface area contributed by atoms with E-state index in [1.54, 1.807) is 11.0 Å². The fourth-order valence-corrected chi connectivity index (χ4v) is 1.57. The van der Waals surface area contributed by atoms with Gasteiger partial charge in [-0.2, -0.15) is 0 Å². The predicted octanol–water partition coefficient (Wildman–Crippen LogP) is -0.242. The maximum Gasteiger partial charge on any atom is 0.335 e. The van der Waals surface area contributed by atoms with Gasteiger partial charge in [0, 0.05) is 13.1 Å². The topological polar surface area (TPSA) is 107 Å². The molecule has 1 aromatic carbocycles. The quantitative estimate of drug-likeness (QED) is 0.511. The highest BCUT2D eigenvalue weighted by atomic mass is 16.4. The van der Waals surface area contributed by atoms with Crippen molar-refractivity contribution in [1.82, 2.24) is 0 Å².